The van der Waals surface area contributed by atoms with Crippen LogP contribution < -0.4 is 15.5 Å². The van der Waals surface area contributed by atoms with E-state index in [0.717, 1.165) is 70.0 Å². The monoisotopic (exact) mass is 542 g/mol. The molecule has 2 aliphatic heterocycles. The summed E-state index contributed by atoms with van der Waals surface area (Å²) in [6.07, 6.45) is 1.79. The topological polar surface area (TPSA) is 83.1 Å². The maximum absolute atomic E-state index is 13.5. The summed E-state index contributed by atoms with van der Waals surface area (Å²) >= 11 is 0. The van der Waals surface area contributed by atoms with E-state index in [1.807, 2.05) is 42.5 Å². The molecule has 2 N–H and O–H groups in total. The lowest BCUT2D eigenvalue weighted by atomic mass is 9.98. The van der Waals surface area contributed by atoms with Gasteiger partial charge in [0.1, 0.15) is 6.61 Å². The highest BCUT2D eigenvalue weighted by Gasteiger charge is 2.22. The molecule has 2 aliphatic rings. The lowest BCUT2D eigenvalue weighted by Crippen LogP contribution is -2.38. The molecular weight excluding hydrogens is 504 g/mol. The molecule has 3 aromatic rings. The third-order valence-corrected chi connectivity index (χ3v) is 7.38. The predicted octanol–water partition coefficient (Wildman–Crippen LogP) is 3.86. The zero-order valence-electron chi connectivity index (χ0n) is 22.9. The summed E-state index contributed by atoms with van der Waals surface area (Å²) in [5.74, 6) is -0.389. The van der Waals surface area contributed by atoms with Crippen LogP contribution in [0.2, 0.25) is 0 Å². The second-order valence-electron chi connectivity index (χ2n) is 10.3. The Morgan fingerprint density at radius 2 is 1.68 bits per heavy atom. The Morgan fingerprint density at radius 3 is 2.50 bits per heavy atom. The lowest BCUT2D eigenvalue weighted by molar-refractivity contribution is -0.121. The van der Waals surface area contributed by atoms with Crippen molar-refractivity contribution in [3.8, 4) is 0 Å². The van der Waals surface area contributed by atoms with E-state index in [9.17, 15) is 9.59 Å². The van der Waals surface area contributed by atoms with Crippen LogP contribution in [-0.4, -0.2) is 69.3 Å². The first-order valence-corrected chi connectivity index (χ1v) is 14.1. The summed E-state index contributed by atoms with van der Waals surface area (Å²) in [5.41, 5.74) is 5.65. The summed E-state index contributed by atoms with van der Waals surface area (Å²) in [6.45, 7) is 6.79. The molecule has 2 amide bonds. The second kappa shape index (κ2) is 14.1. The van der Waals surface area contributed by atoms with Gasteiger partial charge in [-0.2, -0.15) is 0 Å². The number of fused-ring (bicyclic) bond motifs is 1. The molecule has 0 spiro atoms. The number of carbonyl (C=O) groups excluding carboxylic acids is 2. The Kier molecular flexibility index (Phi) is 9.79. The highest BCUT2D eigenvalue weighted by atomic mass is 16.5. The van der Waals surface area contributed by atoms with Gasteiger partial charge in [-0.1, -0.05) is 54.6 Å². The molecule has 0 unspecified atom stereocenters. The number of amides is 2. The number of hydrogen-bond acceptors (Lipinski definition) is 6. The number of nitrogens with zero attached hydrogens (tertiary/aromatic N) is 2. The van der Waals surface area contributed by atoms with Crippen molar-refractivity contribution in [3.63, 3.8) is 0 Å². The van der Waals surface area contributed by atoms with Gasteiger partial charge < -0.3 is 25.0 Å². The Hall–Kier alpha value is -3.72. The first-order chi connectivity index (χ1) is 19.7. The highest BCUT2D eigenvalue weighted by molar-refractivity contribution is 6.02. The molecule has 210 valence electrons. The molecule has 8 heteroatoms. The van der Waals surface area contributed by atoms with Gasteiger partial charge in [-0.05, 0) is 54.3 Å². The number of hydrogen-bond donors (Lipinski definition) is 2. The van der Waals surface area contributed by atoms with Crippen LogP contribution in [0, 0.1) is 0 Å². The maximum atomic E-state index is 13.5. The van der Waals surface area contributed by atoms with Crippen molar-refractivity contribution in [2.75, 3.05) is 62.8 Å². The normalized spacial score (nSPS) is 15.3. The van der Waals surface area contributed by atoms with E-state index in [1.165, 1.54) is 11.1 Å². The van der Waals surface area contributed by atoms with E-state index >= 15 is 0 Å². The van der Waals surface area contributed by atoms with Crippen LogP contribution >= 0.6 is 0 Å². The molecular formula is C32H38N4O4. The number of rotatable bonds is 11. The Morgan fingerprint density at radius 1 is 0.900 bits per heavy atom. The summed E-state index contributed by atoms with van der Waals surface area (Å²) in [4.78, 5) is 30.7. The fourth-order valence-electron chi connectivity index (χ4n) is 5.23. The van der Waals surface area contributed by atoms with E-state index in [-0.39, 0.29) is 18.4 Å². The molecule has 1 saturated heterocycles. The van der Waals surface area contributed by atoms with Crippen LogP contribution in [0.4, 0.5) is 11.4 Å². The minimum atomic E-state index is -0.257. The summed E-state index contributed by atoms with van der Waals surface area (Å²) < 4.78 is 11.0. The SMILES string of the molecule is O=C(COCc1ccccc1)Nc1ccc(N2CCc3ccccc3C2)c(C(=O)NCCCN2CCOCC2)c1. The van der Waals surface area contributed by atoms with Crippen LogP contribution in [0.25, 0.3) is 0 Å². The average Bonchev–Trinajstić information content (AvgIpc) is 3.00. The van der Waals surface area contributed by atoms with Crippen molar-refractivity contribution in [1.82, 2.24) is 10.2 Å². The van der Waals surface area contributed by atoms with Crippen molar-refractivity contribution in [1.29, 1.82) is 0 Å². The van der Waals surface area contributed by atoms with Gasteiger partial charge in [0.2, 0.25) is 5.91 Å². The van der Waals surface area contributed by atoms with Gasteiger partial charge in [0.15, 0.2) is 0 Å². The van der Waals surface area contributed by atoms with Gasteiger partial charge in [-0.3, -0.25) is 14.5 Å². The first-order valence-electron chi connectivity index (χ1n) is 14.1. The first kappa shape index (κ1) is 27.8. The largest absolute Gasteiger partial charge is 0.379 e. The van der Waals surface area contributed by atoms with Crippen LogP contribution in [0.5, 0.6) is 0 Å². The molecule has 5 rings (SSSR count). The molecule has 8 nitrogen and oxygen atoms in total. The van der Waals surface area contributed by atoms with Crippen molar-refractivity contribution in [2.24, 2.45) is 0 Å². The van der Waals surface area contributed by atoms with Crippen LogP contribution in [0.15, 0.2) is 72.8 Å². The molecule has 40 heavy (non-hydrogen) atoms. The maximum Gasteiger partial charge on any atom is 0.253 e. The zero-order valence-corrected chi connectivity index (χ0v) is 22.9. The smallest absolute Gasteiger partial charge is 0.253 e. The van der Waals surface area contributed by atoms with Crippen LogP contribution in [0.3, 0.4) is 0 Å². The third-order valence-electron chi connectivity index (χ3n) is 7.38. The predicted molar refractivity (Wildman–Crippen MR) is 157 cm³/mol. The summed E-state index contributed by atoms with van der Waals surface area (Å²) in [5, 5.41) is 6.01. The zero-order chi connectivity index (χ0) is 27.6. The van der Waals surface area contributed by atoms with Crippen molar-refractivity contribution >= 4 is 23.2 Å². The molecule has 0 saturated carbocycles. The van der Waals surface area contributed by atoms with Crippen LogP contribution in [-0.2, 0) is 33.8 Å². The molecule has 0 atom stereocenters. The minimum Gasteiger partial charge on any atom is -0.379 e. The molecule has 3 aromatic carbocycles. The summed E-state index contributed by atoms with van der Waals surface area (Å²) in [7, 11) is 0. The molecule has 2 heterocycles. The van der Waals surface area contributed by atoms with Gasteiger partial charge in [0, 0.05) is 44.1 Å². The van der Waals surface area contributed by atoms with Crippen molar-refractivity contribution in [2.45, 2.75) is 26.0 Å². The standard InChI is InChI=1S/C32H38N4O4/c37-31(24-40-23-25-7-2-1-3-8-25)34-28-11-12-30(36-16-13-26-9-4-5-10-27(26)22-36)29(21-28)32(38)33-14-6-15-35-17-19-39-20-18-35/h1-5,7-12,21H,6,13-20,22-24H2,(H,33,38)(H,34,37). The average molecular weight is 543 g/mol. The Balaban J connectivity index is 1.24. The third kappa shape index (κ3) is 7.69. The minimum absolute atomic E-state index is 0.0668. The molecule has 0 aliphatic carbocycles. The van der Waals surface area contributed by atoms with E-state index < -0.39 is 0 Å². The van der Waals surface area contributed by atoms with E-state index in [2.05, 4.69) is 44.7 Å². The van der Waals surface area contributed by atoms with Gasteiger partial charge in [-0.15, -0.1) is 0 Å². The number of ether oxygens (including phenoxy) is 2. The number of nitrogens with one attached hydrogen (secondary N) is 2. The van der Waals surface area contributed by atoms with E-state index in [1.54, 1.807) is 6.07 Å². The molecule has 0 aromatic heterocycles. The van der Waals surface area contributed by atoms with Crippen molar-refractivity contribution in [3.05, 3.63) is 95.1 Å². The Bertz CT molecular complexity index is 1280. The van der Waals surface area contributed by atoms with Crippen LogP contribution in [0.1, 0.15) is 33.5 Å². The highest BCUT2D eigenvalue weighted by Crippen LogP contribution is 2.29. The lowest BCUT2D eigenvalue weighted by Gasteiger charge is -2.32. The number of morpholine rings is 1. The van der Waals surface area contributed by atoms with E-state index in [4.69, 9.17) is 9.47 Å². The number of carbonyl (C=O) groups is 2. The fourth-order valence-corrected chi connectivity index (χ4v) is 5.23. The molecule has 0 bridgehead atoms. The van der Waals surface area contributed by atoms with Gasteiger partial charge >= 0.3 is 0 Å². The second-order valence-corrected chi connectivity index (χ2v) is 10.3. The molecule has 0 radical (unpaired) electrons. The molecule has 1 fully saturated rings. The van der Waals surface area contributed by atoms with Gasteiger partial charge in [-0.25, -0.2) is 0 Å². The fraction of sp³-hybridized carbons (Fsp3) is 0.375. The van der Waals surface area contributed by atoms with Crippen molar-refractivity contribution < 1.29 is 19.1 Å². The quantitative estimate of drug-likeness (QED) is 0.358. The van der Waals surface area contributed by atoms with Gasteiger partial charge in [0.25, 0.3) is 5.91 Å². The summed E-state index contributed by atoms with van der Waals surface area (Å²) in [6, 6.07) is 23.8. The van der Waals surface area contributed by atoms with Gasteiger partial charge in [0.05, 0.1) is 25.4 Å². The van der Waals surface area contributed by atoms with E-state index in [0.29, 0.717) is 24.4 Å². The number of benzene rings is 3. The Labute approximate surface area is 236 Å². The number of anilines is 2.